The van der Waals surface area contributed by atoms with Gasteiger partial charge in [0.05, 0.1) is 11.3 Å². The summed E-state index contributed by atoms with van der Waals surface area (Å²) in [5, 5.41) is 2.80. The van der Waals surface area contributed by atoms with E-state index in [1.807, 2.05) is 0 Å². The van der Waals surface area contributed by atoms with Gasteiger partial charge in [-0.15, -0.1) is 0 Å². The molecule has 0 amide bonds. The van der Waals surface area contributed by atoms with Crippen molar-refractivity contribution in [3.05, 3.63) is 41.7 Å². The van der Waals surface area contributed by atoms with Crippen LogP contribution in [0.25, 0.3) is 0 Å². The largest absolute Gasteiger partial charge is 0.418 e. The Morgan fingerprint density at radius 3 is 2.46 bits per heavy atom. The lowest BCUT2D eigenvalue weighted by atomic mass is 10.1. The highest BCUT2D eigenvalue weighted by molar-refractivity contribution is 5.63. The Morgan fingerprint density at radius 1 is 1.04 bits per heavy atom. The third kappa shape index (κ3) is 3.77. The van der Waals surface area contributed by atoms with E-state index < -0.39 is 11.7 Å². The fourth-order valence-corrected chi connectivity index (χ4v) is 2.88. The highest BCUT2D eigenvalue weighted by Crippen LogP contribution is 2.35. The van der Waals surface area contributed by atoms with Crippen molar-refractivity contribution in [2.24, 2.45) is 0 Å². The predicted octanol–water partition coefficient (Wildman–Crippen LogP) is 4.54. The molecule has 4 nitrogen and oxygen atoms in total. The van der Waals surface area contributed by atoms with Crippen LogP contribution in [0.5, 0.6) is 0 Å². The number of aromatic nitrogens is 2. The van der Waals surface area contributed by atoms with E-state index in [4.69, 9.17) is 0 Å². The predicted molar refractivity (Wildman–Crippen MR) is 87.6 cm³/mol. The summed E-state index contributed by atoms with van der Waals surface area (Å²) in [7, 11) is 0. The molecule has 1 aliphatic heterocycles. The van der Waals surface area contributed by atoms with Crippen molar-refractivity contribution in [2.75, 3.05) is 23.3 Å². The van der Waals surface area contributed by atoms with Crippen LogP contribution in [0.3, 0.4) is 0 Å². The summed E-state index contributed by atoms with van der Waals surface area (Å²) in [4.78, 5) is 10.8. The molecule has 1 N–H and O–H groups in total. The van der Waals surface area contributed by atoms with Crippen LogP contribution in [-0.4, -0.2) is 23.1 Å². The van der Waals surface area contributed by atoms with E-state index in [0.29, 0.717) is 11.6 Å². The third-order valence-electron chi connectivity index (χ3n) is 4.00. The fraction of sp³-hybridized carbons (Fsp3) is 0.412. The van der Waals surface area contributed by atoms with Crippen LogP contribution < -0.4 is 10.2 Å². The van der Waals surface area contributed by atoms with Gasteiger partial charge < -0.3 is 10.2 Å². The van der Waals surface area contributed by atoms with Crippen LogP contribution >= 0.6 is 0 Å². The number of halogens is 3. The van der Waals surface area contributed by atoms with Crippen LogP contribution in [0.4, 0.5) is 30.5 Å². The first-order valence-electron chi connectivity index (χ1n) is 7.97. The Balaban J connectivity index is 1.90. The van der Waals surface area contributed by atoms with Gasteiger partial charge >= 0.3 is 6.18 Å². The molecule has 128 valence electrons. The second-order valence-electron chi connectivity index (χ2n) is 5.87. The van der Waals surface area contributed by atoms with Gasteiger partial charge in [-0.2, -0.15) is 13.2 Å². The maximum atomic E-state index is 13.1. The number of benzene rings is 1. The van der Waals surface area contributed by atoms with E-state index >= 15 is 0 Å². The zero-order valence-corrected chi connectivity index (χ0v) is 13.4. The van der Waals surface area contributed by atoms with Gasteiger partial charge in [-0.05, 0) is 38.3 Å². The molecule has 0 saturated carbocycles. The first kappa shape index (κ1) is 16.5. The first-order valence-corrected chi connectivity index (χ1v) is 7.97. The van der Waals surface area contributed by atoms with Crippen LogP contribution in [0.15, 0.2) is 30.3 Å². The third-order valence-corrected chi connectivity index (χ3v) is 4.00. The normalized spacial score (nSPS) is 15.4. The number of piperidine rings is 1. The number of alkyl halides is 3. The zero-order valence-electron chi connectivity index (χ0n) is 13.4. The quantitative estimate of drug-likeness (QED) is 0.893. The number of para-hydroxylation sites is 1. The monoisotopic (exact) mass is 336 g/mol. The van der Waals surface area contributed by atoms with E-state index in [1.54, 1.807) is 19.1 Å². The smallest absolute Gasteiger partial charge is 0.356 e. The Kier molecular flexibility index (Phi) is 4.59. The summed E-state index contributed by atoms with van der Waals surface area (Å²) in [6, 6.07) is 7.11. The van der Waals surface area contributed by atoms with E-state index in [1.165, 1.54) is 18.6 Å². The SMILES string of the molecule is Cc1nc(Nc2ccccc2C(F)(F)F)cc(N2CCCCC2)n1. The topological polar surface area (TPSA) is 41.1 Å². The molecule has 0 unspecified atom stereocenters. The van der Waals surface area contributed by atoms with E-state index in [2.05, 4.69) is 20.2 Å². The van der Waals surface area contributed by atoms with Crippen molar-refractivity contribution in [3.8, 4) is 0 Å². The molecule has 0 spiro atoms. The highest BCUT2D eigenvalue weighted by atomic mass is 19.4. The van der Waals surface area contributed by atoms with Gasteiger partial charge in [-0.25, -0.2) is 9.97 Å². The molecule has 7 heteroatoms. The number of nitrogens with one attached hydrogen (secondary N) is 1. The molecule has 24 heavy (non-hydrogen) atoms. The lowest BCUT2D eigenvalue weighted by molar-refractivity contribution is -0.136. The van der Waals surface area contributed by atoms with E-state index in [-0.39, 0.29) is 5.69 Å². The zero-order chi connectivity index (χ0) is 17.2. The minimum absolute atomic E-state index is 0.00676. The molecule has 1 aliphatic rings. The number of hydrogen-bond acceptors (Lipinski definition) is 4. The molecule has 0 radical (unpaired) electrons. The Morgan fingerprint density at radius 2 is 1.75 bits per heavy atom. The lowest BCUT2D eigenvalue weighted by Crippen LogP contribution is -2.30. The molecule has 1 aromatic heterocycles. The molecular formula is C17H19F3N4. The van der Waals surface area contributed by atoms with Crippen LogP contribution in [0.1, 0.15) is 30.7 Å². The average Bonchev–Trinajstić information content (AvgIpc) is 2.55. The van der Waals surface area contributed by atoms with Gasteiger partial charge in [0.2, 0.25) is 0 Å². The second-order valence-corrected chi connectivity index (χ2v) is 5.87. The molecule has 3 rings (SSSR count). The number of nitrogens with zero attached hydrogens (tertiary/aromatic N) is 3. The van der Waals surface area contributed by atoms with Crippen molar-refractivity contribution in [2.45, 2.75) is 32.4 Å². The molecule has 2 heterocycles. The minimum Gasteiger partial charge on any atom is -0.356 e. The van der Waals surface area contributed by atoms with E-state index in [0.717, 1.165) is 37.8 Å². The minimum atomic E-state index is -4.42. The summed E-state index contributed by atoms with van der Waals surface area (Å²) in [5.41, 5.74) is -0.714. The van der Waals surface area contributed by atoms with Crippen LogP contribution in [0.2, 0.25) is 0 Å². The molecule has 1 aromatic carbocycles. The van der Waals surface area contributed by atoms with Gasteiger partial charge in [0.1, 0.15) is 17.5 Å². The Bertz CT molecular complexity index is 709. The van der Waals surface area contributed by atoms with Gasteiger partial charge in [0.25, 0.3) is 0 Å². The van der Waals surface area contributed by atoms with Gasteiger partial charge in [-0.1, -0.05) is 12.1 Å². The number of hydrogen-bond donors (Lipinski definition) is 1. The van der Waals surface area contributed by atoms with E-state index in [9.17, 15) is 13.2 Å². The van der Waals surface area contributed by atoms with Gasteiger partial charge in [0.15, 0.2) is 0 Å². The van der Waals surface area contributed by atoms with Crippen molar-refractivity contribution in [1.82, 2.24) is 9.97 Å². The van der Waals surface area contributed by atoms with Crippen molar-refractivity contribution >= 4 is 17.3 Å². The molecule has 1 saturated heterocycles. The highest BCUT2D eigenvalue weighted by Gasteiger charge is 2.33. The van der Waals surface area contributed by atoms with Gasteiger partial charge in [0, 0.05) is 19.2 Å². The fourth-order valence-electron chi connectivity index (χ4n) is 2.88. The number of aryl methyl sites for hydroxylation is 1. The molecule has 0 atom stereocenters. The van der Waals surface area contributed by atoms with Crippen molar-refractivity contribution < 1.29 is 13.2 Å². The van der Waals surface area contributed by atoms with Gasteiger partial charge in [-0.3, -0.25) is 0 Å². The number of anilines is 3. The Hall–Kier alpha value is -2.31. The van der Waals surface area contributed by atoms with Crippen LogP contribution in [-0.2, 0) is 6.18 Å². The average molecular weight is 336 g/mol. The Labute approximate surface area is 138 Å². The summed E-state index contributed by atoms with van der Waals surface area (Å²) in [5.74, 6) is 1.67. The van der Waals surface area contributed by atoms with Crippen molar-refractivity contribution in [1.29, 1.82) is 0 Å². The first-order chi connectivity index (χ1) is 11.4. The molecule has 0 bridgehead atoms. The second kappa shape index (κ2) is 6.67. The lowest BCUT2D eigenvalue weighted by Gasteiger charge is -2.28. The maximum absolute atomic E-state index is 13.1. The molecule has 1 fully saturated rings. The summed E-state index contributed by atoms with van der Waals surface area (Å²) < 4.78 is 39.4. The summed E-state index contributed by atoms with van der Waals surface area (Å²) >= 11 is 0. The number of rotatable bonds is 3. The standard InChI is InChI=1S/C17H19F3N4/c1-12-21-15(11-16(22-12)24-9-5-2-6-10-24)23-14-8-4-3-7-13(14)17(18,19)20/h3-4,7-8,11H,2,5-6,9-10H2,1H3,(H,21,22,23). The van der Waals surface area contributed by atoms with Crippen LogP contribution in [0, 0.1) is 6.92 Å². The summed E-state index contributed by atoms with van der Waals surface area (Å²) in [6.45, 7) is 3.57. The maximum Gasteiger partial charge on any atom is 0.418 e. The van der Waals surface area contributed by atoms with Crippen molar-refractivity contribution in [3.63, 3.8) is 0 Å². The molecule has 0 aliphatic carbocycles. The molecular weight excluding hydrogens is 317 g/mol. The summed E-state index contributed by atoms with van der Waals surface area (Å²) in [6.07, 6.45) is -1.02. The molecule has 2 aromatic rings.